The molecule has 1 aromatic rings. The quantitative estimate of drug-likeness (QED) is 0.845. The topological polar surface area (TPSA) is 121 Å². The minimum Gasteiger partial charge on any atom is -0.480 e. The number of carbonyl (C=O) groups is 4. The van der Waals surface area contributed by atoms with Crippen LogP contribution in [0.2, 0.25) is 0 Å². The molecule has 22 heavy (non-hydrogen) atoms. The molecule has 0 aromatic heterocycles. The molecule has 0 aliphatic carbocycles. The monoisotopic (exact) mass is 307 g/mol. The SMILES string of the molecule is O=C1C[C@@H](C(=O)O)N(C(=O)Oc2ccccc2)[C@H](C(=O)O)C1. The summed E-state index contributed by atoms with van der Waals surface area (Å²) < 4.78 is 5.00. The first-order chi connectivity index (χ1) is 10.4. The number of piperidine rings is 1. The number of amides is 1. The maximum absolute atomic E-state index is 12.2. The molecule has 1 heterocycles. The molecule has 1 aliphatic heterocycles. The van der Waals surface area contributed by atoms with Gasteiger partial charge in [0.25, 0.3) is 0 Å². The number of nitrogens with zero attached hydrogens (tertiary/aromatic N) is 1. The van der Waals surface area contributed by atoms with Gasteiger partial charge in [-0.15, -0.1) is 0 Å². The second kappa shape index (κ2) is 6.25. The Bertz CT molecular complexity index is 587. The highest BCUT2D eigenvalue weighted by molar-refractivity contribution is 5.96. The molecule has 0 saturated carbocycles. The fraction of sp³-hybridized carbons (Fsp3) is 0.286. The second-order valence-corrected chi connectivity index (χ2v) is 4.74. The summed E-state index contributed by atoms with van der Waals surface area (Å²) in [6.07, 6.45) is -2.00. The zero-order valence-electron chi connectivity index (χ0n) is 11.3. The van der Waals surface area contributed by atoms with Crippen LogP contribution in [0.3, 0.4) is 0 Å². The number of hydrogen-bond acceptors (Lipinski definition) is 5. The van der Waals surface area contributed by atoms with Gasteiger partial charge in [-0.05, 0) is 12.1 Å². The van der Waals surface area contributed by atoms with Crippen LogP contribution in [0.4, 0.5) is 4.79 Å². The Hall–Kier alpha value is -2.90. The van der Waals surface area contributed by atoms with Gasteiger partial charge in [0.15, 0.2) is 0 Å². The highest BCUT2D eigenvalue weighted by atomic mass is 16.6. The first-order valence-corrected chi connectivity index (χ1v) is 6.42. The van der Waals surface area contributed by atoms with E-state index in [-0.39, 0.29) is 5.75 Å². The van der Waals surface area contributed by atoms with Crippen LogP contribution in [0.25, 0.3) is 0 Å². The van der Waals surface area contributed by atoms with Gasteiger partial charge in [0.1, 0.15) is 23.6 Å². The Morgan fingerprint density at radius 3 is 1.95 bits per heavy atom. The fourth-order valence-corrected chi connectivity index (χ4v) is 2.24. The van der Waals surface area contributed by atoms with Gasteiger partial charge in [-0.3, -0.25) is 9.69 Å². The molecule has 1 aromatic carbocycles. The summed E-state index contributed by atoms with van der Waals surface area (Å²) in [7, 11) is 0. The van der Waals surface area contributed by atoms with Crippen LogP contribution in [0.1, 0.15) is 12.8 Å². The number of ketones is 1. The van der Waals surface area contributed by atoms with Crippen LogP contribution in [0, 0.1) is 0 Å². The lowest BCUT2D eigenvalue weighted by molar-refractivity contribution is -0.155. The molecule has 1 saturated heterocycles. The summed E-state index contributed by atoms with van der Waals surface area (Å²) in [6.45, 7) is 0. The lowest BCUT2D eigenvalue weighted by Gasteiger charge is -2.35. The molecule has 0 spiro atoms. The number of likely N-dealkylation sites (tertiary alicyclic amines) is 1. The predicted octanol–water partition coefficient (Wildman–Crippen LogP) is 0.757. The van der Waals surface area contributed by atoms with Crippen LogP contribution in [-0.2, 0) is 14.4 Å². The number of Topliss-reactive ketones (excluding diaryl/α,β-unsaturated/α-hetero) is 1. The zero-order chi connectivity index (χ0) is 16.3. The van der Waals surface area contributed by atoms with Crippen molar-refractivity contribution in [1.82, 2.24) is 4.90 Å². The third kappa shape index (κ3) is 3.22. The molecule has 2 atom stereocenters. The molecule has 8 nitrogen and oxygen atoms in total. The van der Waals surface area contributed by atoms with E-state index < -0.39 is 48.7 Å². The van der Waals surface area contributed by atoms with E-state index in [1.54, 1.807) is 18.2 Å². The maximum Gasteiger partial charge on any atom is 0.416 e. The third-order valence-corrected chi connectivity index (χ3v) is 3.24. The minimum atomic E-state index is -1.56. The number of benzene rings is 1. The Morgan fingerprint density at radius 2 is 1.50 bits per heavy atom. The van der Waals surface area contributed by atoms with Crippen molar-refractivity contribution >= 4 is 23.8 Å². The van der Waals surface area contributed by atoms with E-state index >= 15 is 0 Å². The number of rotatable bonds is 3. The maximum atomic E-state index is 12.2. The Balaban J connectivity index is 2.28. The lowest BCUT2D eigenvalue weighted by atomic mass is 9.95. The lowest BCUT2D eigenvalue weighted by Crippen LogP contribution is -2.59. The molecular formula is C14H13NO7. The summed E-state index contributed by atoms with van der Waals surface area (Å²) in [5.41, 5.74) is 0. The van der Waals surface area contributed by atoms with Gasteiger partial charge in [0, 0.05) is 12.8 Å². The fourth-order valence-electron chi connectivity index (χ4n) is 2.24. The van der Waals surface area contributed by atoms with Gasteiger partial charge in [-0.2, -0.15) is 0 Å². The molecule has 8 heteroatoms. The van der Waals surface area contributed by atoms with Gasteiger partial charge < -0.3 is 14.9 Å². The number of hydrogen-bond donors (Lipinski definition) is 2. The van der Waals surface area contributed by atoms with E-state index in [1.165, 1.54) is 12.1 Å². The summed E-state index contributed by atoms with van der Waals surface area (Å²) in [4.78, 5) is 46.8. The standard InChI is InChI=1S/C14H13NO7/c16-8-6-10(12(17)18)15(11(7-8)13(19)20)14(21)22-9-4-2-1-3-5-9/h1-5,10-11H,6-7H2,(H,17,18)(H,19,20)/t10-,11-/m0/s1. The average Bonchev–Trinajstić information content (AvgIpc) is 2.47. The first kappa shape index (κ1) is 15.5. The van der Waals surface area contributed by atoms with Crippen LogP contribution in [0.5, 0.6) is 5.75 Å². The Labute approximate surface area is 124 Å². The van der Waals surface area contributed by atoms with Crippen molar-refractivity contribution in [1.29, 1.82) is 0 Å². The van der Waals surface area contributed by atoms with Crippen LogP contribution in [-0.4, -0.2) is 51.0 Å². The summed E-state index contributed by atoms with van der Waals surface area (Å²) in [6, 6.07) is 4.73. The van der Waals surface area contributed by atoms with Crippen molar-refractivity contribution in [2.75, 3.05) is 0 Å². The van der Waals surface area contributed by atoms with Crippen molar-refractivity contribution in [2.45, 2.75) is 24.9 Å². The summed E-state index contributed by atoms with van der Waals surface area (Å²) >= 11 is 0. The van der Waals surface area contributed by atoms with Crippen LogP contribution < -0.4 is 4.74 Å². The number of aliphatic carboxylic acids is 2. The zero-order valence-corrected chi connectivity index (χ0v) is 11.3. The third-order valence-electron chi connectivity index (χ3n) is 3.24. The van der Waals surface area contributed by atoms with E-state index in [4.69, 9.17) is 14.9 Å². The van der Waals surface area contributed by atoms with E-state index in [1.807, 2.05) is 0 Å². The van der Waals surface area contributed by atoms with E-state index in [0.29, 0.717) is 4.90 Å². The summed E-state index contributed by atoms with van der Waals surface area (Å²) in [5.74, 6) is -3.28. The first-order valence-electron chi connectivity index (χ1n) is 6.42. The van der Waals surface area contributed by atoms with Crippen molar-refractivity contribution in [2.24, 2.45) is 0 Å². The normalized spacial score (nSPS) is 21.3. The number of carbonyl (C=O) groups excluding carboxylic acids is 2. The van der Waals surface area contributed by atoms with Crippen molar-refractivity contribution < 1.29 is 34.1 Å². The largest absolute Gasteiger partial charge is 0.480 e. The highest BCUT2D eigenvalue weighted by Gasteiger charge is 2.46. The summed E-state index contributed by atoms with van der Waals surface area (Å²) in [5, 5.41) is 18.3. The van der Waals surface area contributed by atoms with Gasteiger partial charge >= 0.3 is 18.0 Å². The molecule has 1 fully saturated rings. The Kier molecular flexibility index (Phi) is 4.40. The molecule has 1 aliphatic rings. The number of para-hydroxylation sites is 1. The molecule has 116 valence electrons. The average molecular weight is 307 g/mol. The smallest absolute Gasteiger partial charge is 0.416 e. The van der Waals surface area contributed by atoms with E-state index in [0.717, 1.165) is 0 Å². The van der Waals surface area contributed by atoms with Gasteiger partial charge in [0.05, 0.1) is 0 Å². The highest BCUT2D eigenvalue weighted by Crippen LogP contribution is 2.23. The van der Waals surface area contributed by atoms with E-state index in [9.17, 15) is 19.2 Å². The predicted molar refractivity (Wildman–Crippen MR) is 71.4 cm³/mol. The number of carboxylic acids is 2. The van der Waals surface area contributed by atoms with Crippen LogP contribution >= 0.6 is 0 Å². The second-order valence-electron chi connectivity index (χ2n) is 4.74. The molecule has 2 N–H and O–H groups in total. The molecule has 1 amide bonds. The molecule has 2 rings (SSSR count). The van der Waals surface area contributed by atoms with Gasteiger partial charge in [-0.1, -0.05) is 18.2 Å². The minimum absolute atomic E-state index is 0.151. The van der Waals surface area contributed by atoms with Crippen LogP contribution in [0.15, 0.2) is 30.3 Å². The molecule has 0 bridgehead atoms. The van der Waals surface area contributed by atoms with Crippen molar-refractivity contribution in [3.05, 3.63) is 30.3 Å². The molecule has 0 unspecified atom stereocenters. The number of carboxylic acid groups (broad SMARTS) is 2. The Morgan fingerprint density at radius 1 is 1.00 bits per heavy atom. The van der Waals surface area contributed by atoms with Gasteiger partial charge in [-0.25, -0.2) is 14.4 Å². The number of ether oxygens (including phenoxy) is 1. The molecule has 0 radical (unpaired) electrons. The molecular weight excluding hydrogens is 294 g/mol. The van der Waals surface area contributed by atoms with Gasteiger partial charge in [0.2, 0.25) is 0 Å². The van der Waals surface area contributed by atoms with Crippen molar-refractivity contribution in [3.8, 4) is 5.75 Å². The van der Waals surface area contributed by atoms with E-state index in [2.05, 4.69) is 0 Å². The van der Waals surface area contributed by atoms with Crippen molar-refractivity contribution in [3.63, 3.8) is 0 Å².